The van der Waals surface area contributed by atoms with Crippen molar-refractivity contribution in [3.63, 3.8) is 0 Å². The fourth-order valence-electron chi connectivity index (χ4n) is 3.13. The molecule has 5 heteroatoms. The third kappa shape index (κ3) is 2.99. The number of ketones is 1. The van der Waals surface area contributed by atoms with Crippen LogP contribution in [-0.4, -0.2) is 41.3 Å². The van der Waals surface area contributed by atoms with Crippen LogP contribution in [0.15, 0.2) is 24.4 Å². The van der Waals surface area contributed by atoms with E-state index in [1.165, 1.54) is 0 Å². The van der Waals surface area contributed by atoms with Gasteiger partial charge in [-0.05, 0) is 37.6 Å². The van der Waals surface area contributed by atoms with Gasteiger partial charge >= 0.3 is 0 Å². The lowest BCUT2D eigenvalue weighted by molar-refractivity contribution is 0.0802. The standard InChI is InChI=1S/C15H19N3O.CH4O/c1-2-5-15(6-7-16-10-15)14(19)11-3-4-13-12(8-11)9-17-18-13;1-2/h3-4,8-9,16H,2,5-7,10H2,1H3,(H,17,18);2H,1H3. The molecule has 1 aliphatic heterocycles. The molecule has 0 amide bonds. The van der Waals surface area contributed by atoms with Crippen LogP contribution in [0, 0.1) is 5.41 Å². The van der Waals surface area contributed by atoms with E-state index in [0.717, 1.165) is 55.9 Å². The van der Waals surface area contributed by atoms with Crippen molar-refractivity contribution in [2.24, 2.45) is 5.41 Å². The summed E-state index contributed by atoms with van der Waals surface area (Å²) < 4.78 is 0. The Bertz CT molecular complexity index is 600. The SMILES string of the molecule is CCCC1(C(=O)c2ccc3[nH]ncc3c2)CCNC1.CO. The highest BCUT2D eigenvalue weighted by Crippen LogP contribution is 2.35. The molecule has 1 atom stereocenters. The summed E-state index contributed by atoms with van der Waals surface area (Å²) in [6.45, 7) is 3.90. The number of aromatic nitrogens is 2. The predicted molar refractivity (Wildman–Crippen MR) is 83.4 cm³/mol. The second kappa shape index (κ2) is 6.83. The monoisotopic (exact) mass is 289 g/mol. The van der Waals surface area contributed by atoms with E-state index >= 15 is 0 Å². The molecule has 0 radical (unpaired) electrons. The van der Waals surface area contributed by atoms with E-state index in [9.17, 15) is 4.79 Å². The largest absolute Gasteiger partial charge is 0.400 e. The lowest BCUT2D eigenvalue weighted by Gasteiger charge is -2.26. The Labute approximate surface area is 124 Å². The summed E-state index contributed by atoms with van der Waals surface area (Å²) in [4.78, 5) is 12.9. The average Bonchev–Trinajstić information content (AvgIpc) is 3.17. The maximum atomic E-state index is 12.9. The van der Waals surface area contributed by atoms with Crippen LogP contribution in [0.1, 0.15) is 36.5 Å². The van der Waals surface area contributed by atoms with E-state index in [0.29, 0.717) is 0 Å². The molecule has 114 valence electrons. The van der Waals surface area contributed by atoms with E-state index < -0.39 is 0 Å². The number of benzene rings is 1. The quantitative estimate of drug-likeness (QED) is 0.754. The van der Waals surface area contributed by atoms with Gasteiger partial charge in [-0.1, -0.05) is 13.3 Å². The van der Waals surface area contributed by atoms with Crippen molar-refractivity contribution in [1.82, 2.24) is 15.5 Å². The Hall–Kier alpha value is -1.72. The van der Waals surface area contributed by atoms with Gasteiger partial charge in [-0.15, -0.1) is 0 Å². The van der Waals surface area contributed by atoms with Crippen molar-refractivity contribution < 1.29 is 9.90 Å². The highest BCUT2D eigenvalue weighted by atomic mass is 16.2. The third-order valence-corrected chi connectivity index (χ3v) is 4.16. The molecule has 1 aromatic heterocycles. The Morgan fingerprint density at radius 3 is 2.90 bits per heavy atom. The molecule has 0 saturated carbocycles. The molecule has 21 heavy (non-hydrogen) atoms. The molecule has 3 rings (SSSR count). The number of Topliss-reactive ketones (excluding diaryl/α,β-unsaturated/α-hetero) is 1. The maximum absolute atomic E-state index is 12.9. The minimum atomic E-state index is -0.202. The van der Waals surface area contributed by atoms with E-state index in [-0.39, 0.29) is 11.2 Å². The van der Waals surface area contributed by atoms with Crippen molar-refractivity contribution >= 4 is 16.7 Å². The number of hydrogen-bond acceptors (Lipinski definition) is 4. The van der Waals surface area contributed by atoms with Crippen molar-refractivity contribution in [2.75, 3.05) is 20.2 Å². The zero-order chi connectivity index (χ0) is 15.3. The summed E-state index contributed by atoms with van der Waals surface area (Å²) in [5.74, 6) is 0.280. The van der Waals surface area contributed by atoms with E-state index in [1.54, 1.807) is 6.20 Å². The molecule has 2 aromatic rings. The van der Waals surface area contributed by atoms with Gasteiger partial charge in [0, 0.05) is 30.0 Å². The number of nitrogens with zero attached hydrogens (tertiary/aromatic N) is 1. The molecule has 0 bridgehead atoms. The summed E-state index contributed by atoms with van der Waals surface area (Å²) >= 11 is 0. The van der Waals surface area contributed by atoms with E-state index in [2.05, 4.69) is 22.4 Å². The zero-order valence-corrected chi connectivity index (χ0v) is 12.6. The molecule has 1 unspecified atom stereocenters. The molecule has 0 aliphatic carbocycles. The van der Waals surface area contributed by atoms with Crippen molar-refractivity contribution in [3.05, 3.63) is 30.0 Å². The Kier molecular flexibility index (Phi) is 5.09. The van der Waals surface area contributed by atoms with Gasteiger partial charge in [-0.3, -0.25) is 9.89 Å². The second-order valence-electron chi connectivity index (χ2n) is 5.46. The summed E-state index contributed by atoms with van der Waals surface area (Å²) in [6.07, 6.45) is 4.72. The number of carbonyl (C=O) groups excluding carboxylic acids is 1. The highest BCUT2D eigenvalue weighted by Gasteiger charge is 2.40. The van der Waals surface area contributed by atoms with Crippen LogP contribution < -0.4 is 5.32 Å². The Morgan fingerprint density at radius 1 is 1.43 bits per heavy atom. The van der Waals surface area contributed by atoms with Crippen LogP contribution in [0.4, 0.5) is 0 Å². The number of hydrogen-bond donors (Lipinski definition) is 3. The Balaban J connectivity index is 0.000000774. The zero-order valence-electron chi connectivity index (χ0n) is 12.6. The minimum absolute atomic E-state index is 0.202. The number of aliphatic hydroxyl groups excluding tert-OH is 1. The molecule has 5 nitrogen and oxygen atoms in total. The molecule has 2 heterocycles. The molecular weight excluding hydrogens is 266 g/mol. The summed E-state index contributed by atoms with van der Waals surface area (Å²) in [7, 11) is 1.00. The van der Waals surface area contributed by atoms with Gasteiger partial charge < -0.3 is 10.4 Å². The predicted octanol–water partition coefficient (Wildman–Crippen LogP) is 2.13. The number of rotatable bonds is 4. The van der Waals surface area contributed by atoms with Gasteiger partial charge in [0.15, 0.2) is 5.78 Å². The van der Waals surface area contributed by atoms with E-state index in [1.807, 2.05) is 18.2 Å². The van der Waals surface area contributed by atoms with Crippen LogP contribution in [0.5, 0.6) is 0 Å². The van der Waals surface area contributed by atoms with Crippen LogP contribution in [0.25, 0.3) is 10.9 Å². The van der Waals surface area contributed by atoms with Crippen LogP contribution in [0.3, 0.4) is 0 Å². The van der Waals surface area contributed by atoms with Crippen LogP contribution >= 0.6 is 0 Å². The third-order valence-electron chi connectivity index (χ3n) is 4.16. The first-order chi connectivity index (χ1) is 10.2. The molecule has 1 aromatic carbocycles. The number of carbonyl (C=O) groups is 1. The van der Waals surface area contributed by atoms with Gasteiger partial charge in [0.05, 0.1) is 11.7 Å². The lowest BCUT2D eigenvalue weighted by Crippen LogP contribution is -2.33. The highest BCUT2D eigenvalue weighted by molar-refractivity contribution is 6.03. The molecule has 0 spiro atoms. The average molecular weight is 289 g/mol. The number of aromatic amines is 1. The molecular formula is C16H23N3O2. The minimum Gasteiger partial charge on any atom is -0.400 e. The Morgan fingerprint density at radius 2 is 2.24 bits per heavy atom. The topological polar surface area (TPSA) is 78.0 Å². The first-order valence-electron chi connectivity index (χ1n) is 7.38. The van der Waals surface area contributed by atoms with Crippen LogP contribution in [0.2, 0.25) is 0 Å². The second-order valence-corrected chi connectivity index (χ2v) is 5.46. The number of H-pyrrole nitrogens is 1. The number of fused-ring (bicyclic) bond motifs is 1. The van der Waals surface area contributed by atoms with Gasteiger partial charge in [-0.25, -0.2) is 0 Å². The van der Waals surface area contributed by atoms with Gasteiger partial charge in [0.25, 0.3) is 0 Å². The number of aliphatic hydroxyl groups is 1. The fourth-order valence-corrected chi connectivity index (χ4v) is 3.13. The maximum Gasteiger partial charge on any atom is 0.170 e. The van der Waals surface area contributed by atoms with Crippen molar-refractivity contribution in [2.45, 2.75) is 26.2 Å². The van der Waals surface area contributed by atoms with Gasteiger partial charge in [-0.2, -0.15) is 5.10 Å². The van der Waals surface area contributed by atoms with Gasteiger partial charge in [0.1, 0.15) is 0 Å². The first kappa shape index (κ1) is 15.7. The van der Waals surface area contributed by atoms with Gasteiger partial charge in [0.2, 0.25) is 0 Å². The first-order valence-corrected chi connectivity index (χ1v) is 7.38. The molecule has 1 aliphatic rings. The normalized spacial score (nSPS) is 21.1. The summed E-state index contributed by atoms with van der Waals surface area (Å²) in [5.41, 5.74) is 1.59. The summed E-state index contributed by atoms with van der Waals surface area (Å²) in [5, 5.41) is 18.3. The smallest absolute Gasteiger partial charge is 0.170 e. The summed E-state index contributed by atoms with van der Waals surface area (Å²) in [6, 6.07) is 5.81. The lowest BCUT2D eigenvalue weighted by atomic mass is 9.76. The molecule has 3 N–H and O–H groups in total. The van der Waals surface area contributed by atoms with Crippen molar-refractivity contribution in [1.29, 1.82) is 0 Å². The molecule has 1 saturated heterocycles. The van der Waals surface area contributed by atoms with E-state index in [4.69, 9.17) is 5.11 Å². The number of nitrogens with one attached hydrogen (secondary N) is 2. The van der Waals surface area contributed by atoms with Crippen LogP contribution in [-0.2, 0) is 0 Å². The molecule has 1 fully saturated rings. The van der Waals surface area contributed by atoms with Crippen molar-refractivity contribution in [3.8, 4) is 0 Å². The fraction of sp³-hybridized carbons (Fsp3) is 0.500.